The van der Waals surface area contributed by atoms with Gasteiger partial charge in [0.05, 0.1) is 29.7 Å². The number of rotatable bonds is 4. The summed E-state index contributed by atoms with van der Waals surface area (Å²) >= 11 is 0. The molecule has 0 aromatic heterocycles. The number of benzene rings is 2. The molecule has 1 amide bonds. The van der Waals surface area contributed by atoms with Crippen LogP contribution in [0.15, 0.2) is 49.1 Å². The summed E-state index contributed by atoms with van der Waals surface area (Å²) < 4.78 is 51.0. The highest BCUT2D eigenvalue weighted by atomic mass is 19.4. The Hall–Kier alpha value is -3.48. The molecule has 2 heterocycles. The van der Waals surface area contributed by atoms with Gasteiger partial charge < -0.3 is 19.5 Å². The molecular formula is C31H31F3N2O4. The quantitative estimate of drug-likeness (QED) is 0.460. The van der Waals surface area contributed by atoms with Gasteiger partial charge in [0, 0.05) is 36.7 Å². The van der Waals surface area contributed by atoms with Gasteiger partial charge in [-0.2, -0.15) is 13.2 Å². The van der Waals surface area contributed by atoms with Crippen molar-refractivity contribution in [2.24, 2.45) is 0 Å². The summed E-state index contributed by atoms with van der Waals surface area (Å²) in [6.45, 7) is 5.35. The minimum atomic E-state index is -4.44. The zero-order valence-electron chi connectivity index (χ0n) is 22.4. The summed E-state index contributed by atoms with van der Waals surface area (Å²) in [4.78, 5) is 17.1. The molecule has 1 saturated heterocycles. The van der Waals surface area contributed by atoms with Crippen LogP contribution in [0.4, 0.5) is 13.2 Å². The van der Waals surface area contributed by atoms with E-state index >= 15 is 0 Å². The number of halogens is 3. The first kappa shape index (κ1) is 26.7. The Morgan fingerprint density at radius 1 is 1.27 bits per heavy atom. The molecule has 2 aliphatic heterocycles. The van der Waals surface area contributed by atoms with Crippen molar-refractivity contribution in [1.82, 2.24) is 9.80 Å². The van der Waals surface area contributed by atoms with E-state index in [1.165, 1.54) is 12.1 Å². The molecule has 1 saturated carbocycles. The van der Waals surface area contributed by atoms with Crippen LogP contribution in [0.5, 0.6) is 11.5 Å². The number of hydrogen-bond acceptors (Lipinski definition) is 5. The number of carbonyl (C=O) groups is 1. The van der Waals surface area contributed by atoms with Gasteiger partial charge in [-0.25, -0.2) is 0 Å². The van der Waals surface area contributed by atoms with Gasteiger partial charge >= 0.3 is 6.18 Å². The number of methoxy groups -OCH3 is 1. The molecule has 6 nitrogen and oxygen atoms in total. The SMILES string of the molecule is C=CCN1CC[C@]23c4c5ccc(OC)c4O[C@H]2[C@H](N(C)C(=O)C#Cc2ccc(C(F)(F)F)cc2)CC[C@@]3(O)[C@H]1C5. The van der Waals surface area contributed by atoms with Gasteiger partial charge in [0.15, 0.2) is 11.5 Å². The number of hydrogen-bond donors (Lipinski definition) is 1. The molecule has 9 heteroatoms. The van der Waals surface area contributed by atoms with E-state index in [0.29, 0.717) is 49.3 Å². The lowest BCUT2D eigenvalue weighted by Gasteiger charge is -2.64. The number of ether oxygens (including phenoxy) is 2. The fraction of sp³-hybridized carbons (Fsp3) is 0.452. The number of likely N-dealkylation sites (tertiary alicyclic amines) is 1. The van der Waals surface area contributed by atoms with Crippen LogP contribution in [0, 0.1) is 11.8 Å². The zero-order chi connectivity index (χ0) is 28.4. The minimum Gasteiger partial charge on any atom is -0.493 e. The van der Waals surface area contributed by atoms with E-state index in [4.69, 9.17) is 9.47 Å². The van der Waals surface area contributed by atoms with Crippen LogP contribution in [0.2, 0.25) is 0 Å². The molecule has 2 bridgehead atoms. The average molecular weight is 553 g/mol. The highest BCUT2D eigenvalue weighted by molar-refractivity contribution is 5.94. The summed E-state index contributed by atoms with van der Waals surface area (Å²) in [6, 6.07) is 7.89. The monoisotopic (exact) mass is 552 g/mol. The predicted octanol–water partition coefficient (Wildman–Crippen LogP) is 3.93. The number of aliphatic hydroxyl groups is 1. The van der Waals surface area contributed by atoms with Crippen molar-refractivity contribution in [3.63, 3.8) is 0 Å². The van der Waals surface area contributed by atoms with Gasteiger partial charge in [0.2, 0.25) is 0 Å². The van der Waals surface area contributed by atoms with Crippen LogP contribution in [-0.4, -0.2) is 71.8 Å². The Bertz CT molecular complexity index is 1430. The molecule has 2 aliphatic carbocycles. The van der Waals surface area contributed by atoms with Crippen LogP contribution in [0.25, 0.3) is 0 Å². The molecule has 6 rings (SSSR count). The second kappa shape index (κ2) is 9.28. The third-order valence-electron chi connectivity index (χ3n) is 9.45. The van der Waals surface area contributed by atoms with E-state index in [9.17, 15) is 23.1 Å². The van der Waals surface area contributed by atoms with E-state index < -0.39 is 34.8 Å². The lowest BCUT2D eigenvalue weighted by Crippen LogP contribution is -2.78. The van der Waals surface area contributed by atoms with E-state index in [-0.39, 0.29) is 12.1 Å². The van der Waals surface area contributed by atoms with Crippen LogP contribution < -0.4 is 9.47 Å². The number of amides is 1. The molecule has 1 spiro atoms. The molecule has 1 N–H and O–H groups in total. The minimum absolute atomic E-state index is 0.112. The number of likely N-dealkylation sites (N-methyl/N-ethyl adjacent to an activating group) is 1. The first-order chi connectivity index (χ1) is 19.0. The molecule has 4 aliphatic rings. The number of piperidine rings is 1. The maximum absolute atomic E-state index is 13.3. The number of alkyl halides is 3. The van der Waals surface area contributed by atoms with E-state index in [0.717, 1.165) is 29.8 Å². The molecule has 2 aromatic rings. The fourth-order valence-corrected chi connectivity index (χ4v) is 7.64. The van der Waals surface area contributed by atoms with Crippen LogP contribution >= 0.6 is 0 Å². The van der Waals surface area contributed by atoms with Crippen molar-refractivity contribution >= 4 is 5.91 Å². The Morgan fingerprint density at radius 2 is 2.02 bits per heavy atom. The lowest BCUT2D eigenvalue weighted by atomic mass is 9.48. The van der Waals surface area contributed by atoms with Crippen LogP contribution in [-0.2, 0) is 22.8 Å². The molecule has 2 aromatic carbocycles. The van der Waals surface area contributed by atoms with Crippen molar-refractivity contribution in [1.29, 1.82) is 0 Å². The molecule has 40 heavy (non-hydrogen) atoms. The van der Waals surface area contributed by atoms with Crippen molar-refractivity contribution in [3.05, 3.63) is 71.3 Å². The maximum Gasteiger partial charge on any atom is 0.416 e. The van der Waals surface area contributed by atoms with Gasteiger partial charge in [0.1, 0.15) is 6.10 Å². The zero-order valence-corrected chi connectivity index (χ0v) is 22.4. The van der Waals surface area contributed by atoms with Gasteiger partial charge in [-0.3, -0.25) is 9.69 Å². The average Bonchev–Trinajstić information content (AvgIpc) is 3.28. The van der Waals surface area contributed by atoms with Crippen LogP contribution in [0.1, 0.15) is 41.5 Å². The second-order valence-corrected chi connectivity index (χ2v) is 11.2. The predicted molar refractivity (Wildman–Crippen MR) is 142 cm³/mol. The number of carbonyl (C=O) groups excluding carboxylic acids is 1. The maximum atomic E-state index is 13.3. The smallest absolute Gasteiger partial charge is 0.416 e. The van der Waals surface area contributed by atoms with Gasteiger partial charge in [0.25, 0.3) is 5.91 Å². The molecule has 210 valence electrons. The fourth-order valence-electron chi connectivity index (χ4n) is 7.64. The molecule has 0 radical (unpaired) electrons. The summed E-state index contributed by atoms with van der Waals surface area (Å²) in [5, 5.41) is 12.5. The third kappa shape index (κ3) is 3.69. The normalized spacial score (nSPS) is 29.9. The van der Waals surface area contributed by atoms with E-state index in [1.807, 2.05) is 12.1 Å². The highest BCUT2D eigenvalue weighted by Gasteiger charge is 2.73. The van der Waals surface area contributed by atoms with Crippen molar-refractivity contribution in [2.75, 3.05) is 27.2 Å². The van der Waals surface area contributed by atoms with E-state index in [1.54, 1.807) is 19.1 Å². The van der Waals surface area contributed by atoms with Crippen molar-refractivity contribution in [3.8, 4) is 23.3 Å². The van der Waals surface area contributed by atoms with Crippen molar-refractivity contribution < 1.29 is 32.5 Å². The summed E-state index contributed by atoms with van der Waals surface area (Å²) in [6.07, 6.45) is -0.745. The summed E-state index contributed by atoms with van der Waals surface area (Å²) in [5.74, 6) is 6.08. The topological polar surface area (TPSA) is 62.2 Å². The van der Waals surface area contributed by atoms with Crippen molar-refractivity contribution in [2.45, 2.75) is 61.1 Å². The standard InChI is InChI=1S/C31H31F3N2O4/c1-4-16-36-17-15-29-26-20-8-11-23(39-3)27(26)40-28(29)22(13-14-30(29,38)24(36)18-20)35(2)25(37)12-7-19-5-9-21(10-6-19)31(32,33)34/h4-6,8-11,22,24,28,38H,1,13-18H2,2-3H3/t22-,24-,28+,29+,30-/m1/s1. The first-order valence-electron chi connectivity index (χ1n) is 13.5. The summed E-state index contributed by atoms with van der Waals surface area (Å²) in [5.41, 5.74) is -0.113. The Labute approximate surface area is 231 Å². The van der Waals surface area contributed by atoms with Gasteiger partial charge in [-0.1, -0.05) is 18.1 Å². The Morgan fingerprint density at radius 3 is 2.70 bits per heavy atom. The van der Waals surface area contributed by atoms with Gasteiger partial charge in [-0.15, -0.1) is 6.58 Å². The second-order valence-electron chi connectivity index (χ2n) is 11.2. The van der Waals surface area contributed by atoms with Crippen LogP contribution in [0.3, 0.4) is 0 Å². The molecule has 0 unspecified atom stereocenters. The number of nitrogens with zero attached hydrogens (tertiary/aromatic N) is 2. The first-order valence-corrected chi connectivity index (χ1v) is 13.5. The Kier molecular flexibility index (Phi) is 6.20. The van der Waals surface area contributed by atoms with Gasteiger partial charge in [-0.05, 0) is 68.1 Å². The molecular weight excluding hydrogens is 521 g/mol. The molecule has 2 fully saturated rings. The highest BCUT2D eigenvalue weighted by Crippen LogP contribution is 2.65. The summed E-state index contributed by atoms with van der Waals surface area (Å²) in [7, 11) is 3.27. The molecule has 5 atom stereocenters. The third-order valence-corrected chi connectivity index (χ3v) is 9.45. The largest absolute Gasteiger partial charge is 0.493 e. The lowest BCUT2D eigenvalue weighted by molar-refractivity contribution is -0.197. The Balaban J connectivity index is 1.34. The van der Waals surface area contributed by atoms with E-state index in [2.05, 4.69) is 29.4 Å².